The zero-order valence-corrected chi connectivity index (χ0v) is 8.03. The van der Waals surface area contributed by atoms with Crippen molar-refractivity contribution in [2.24, 2.45) is 0 Å². The summed E-state index contributed by atoms with van der Waals surface area (Å²) in [5.41, 5.74) is 0. The van der Waals surface area contributed by atoms with Crippen LogP contribution in [0.2, 0.25) is 0 Å². The lowest BCUT2D eigenvalue weighted by Gasteiger charge is -2.02. The Bertz CT molecular complexity index is 138. The Morgan fingerprint density at radius 3 is 1.21 bits per heavy atom. The molecule has 0 amide bonds. The highest BCUT2D eigenvalue weighted by molar-refractivity contribution is 5.64. The van der Waals surface area contributed by atoms with E-state index >= 15 is 0 Å². The van der Waals surface area contributed by atoms with E-state index in [4.69, 9.17) is 0 Å². The number of carboxylic acid groups (broad SMARTS) is 2. The minimum Gasteiger partial charge on any atom is -0.550 e. The topological polar surface area (TPSA) is 146 Å². The van der Waals surface area contributed by atoms with Gasteiger partial charge in [0.25, 0.3) is 0 Å². The van der Waals surface area contributed by atoms with Crippen molar-refractivity contribution in [2.75, 3.05) is 0 Å². The lowest BCUT2D eigenvalue weighted by atomic mass is 10.1. The molecule has 0 aromatic carbocycles. The minimum absolute atomic E-state index is 0. The Labute approximate surface area is 82.2 Å². The van der Waals surface area contributed by atoms with E-state index in [0.29, 0.717) is 12.8 Å². The summed E-state index contributed by atoms with van der Waals surface area (Å²) in [7, 11) is 0. The molecule has 0 heterocycles. The van der Waals surface area contributed by atoms with Gasteiger partial charge in [0.2, 0.25) is 0 Å². The van der Waals surface area contributed by atoms with Gasteiger partial charge in [0.05, 0.1) is 0 Å². The maximum absolute atomic E-state index is 9.92. The van der Waals surface area contributed by atoms with Crippen molar-refractivity contribution in [3.8, 4) is 0 Å². The zero-order valence-electron chi connectivity index (χ0n) is 8.03. The SMILES string of the molecule is O=C([O-])CCCCCCC(=O)[O-].[OH3+].[OH3+]. The van der Waals surface area contributed by atoms with E-state index in [1.807, 2.05) is 0 Å². The molecule has 0 fully saturated rings. The summed E-state index contributed by atoms with van der Waals surface area (Å²) in [5, 5.41) is 19.8. The van der Waals surface area contributed by atoms with E-state index in [1.165, 1.54) is 0 Å². The first-order valence-corrected chi connectivity index (χ1v) is 4.02. The van der Waals surface area contributed by atoms with Gasteiger partial charge in [-0.3, -0.25) is 0 Å². The minimum atomic E-state index is -1.05. The van der Waals surface area contributed by atoms with Crippen molar-refractivity contribution < 1.29 is 30.8 Å². The molecule has 0 spiro atoms. The number of rotatable bonds is 7. The molecule has 6 N–H and O–H groups in total. The second-order valence-corrected chi connectivity index (χ2v) is 2.66. The summed E-state index contributed by atoms with van der Waals surface area (Å²) in [6.07, 6.45) is 2.73. The van der Waals surface area contributed by atoms with Crippen molar-refractivity contribution in [3.05, 3.63) is 0 Å². The van der Waals surface area contributed by atoms with Gasteiger partial charge < -0.3 is 30.8 Å². The van der Waals surface area contributed by atoms with Crippen molar-refractivity contribution in [1.82, 2.24) is 0 Å². The number of aliphatic carboxylic acids is 2. The van der Waals surface area contributed by atoms with Crippen LogP contribution in [0.5, 0.6) is 0 Å². The van der Waals surface area contributed by atoms with Crippen LogP contribution in [0.3, 0.4) is 0 Å². The second-order valence-electron chi connectivity index (χ2n) is 2.66. The summed E-state index contributed by atoms with van der Waals surface area (Å²) >= 11 is 0. The average molecular weight is 210 g/mol. The monoisotopic (exact) mass is 210 g/mol. The molecule has 0 radical (unpaired) electrons. The Hall–Kier alpha value is -1.14. The maximum atomic E-state index is 9.92. The van der Waals surface area contributed by atoms with Gasteiger partial charge in [-0.05, 0) is 25.7 Å². The number of carbonyl (C=O) groups excluding carboxylic acids is 2. The Balaban J connectivity index is -0.000000605. The van der Waals surface area contributed by atoms with E-state index in [2.05, 4.69) is 0 Å². The van der Waals surface area contributed by atoms with Gasteiger partial charge in [0.1, 0.15) is 0 Å². The molecule has 0 bridgehead atoms. The van der Waals surface area contributed by atoms with Gasteiger partial charge in [-0.2, -0.15) is 0 Å². The van der Waals surface area contributed by atoms with E-state index in [0.717, 1.165) is 12.8 Å². The third-order valence-corrected chi connectivity index (χ3v) is 1.51. The molecule has 0 saturated heterocycles. The van der Waals surface area contributed by atoms with Gasteiger partial charge in [0, 0.05) is 11.9 Å². The van der Waals surface area contributed by atoms with Gasteiger partial charge in [-0.25, -0.2) is 0 Å². The summed E-state index contributed by atoms with van der Waals surface area (Å²) in [5.74, 6) is -2.09. The zero-order chi connectivity index (χ0) is 9.40. The van der Waals surface area contributed by atoms with E-state index < -0.39 is 11.9 Å². The van der Waals surface area contributed by atoms with Crippen molar-refractivity contribution in [1.29, 1.82) is 0 Å². The average Bonchev–Trinajstić information content (AvgIpc) is 1.95. The molecule has 0 saturated carbocycles. The van der Waals surface area contributed by atoms with Crippen LogP contribution in [0.15, 0.2) is 0 Å². The fraction of sp³-hybridized carbons (Fsp3) is 0.750. The highest BCUT2D eigenvalue weighted by atomic mass is 16.4. The van der Waals surface area contributed by atoms with Crippen LogP contribution in [-0.4, -0.2) is 11.9 Å². The Morgan fingerprint density at radius 1 is 0.714 bits per heavy atom. The highest BCUT2D eigenvalue weighted by Crippen LogP contribution is 2.03. The molecule has 0 rings (SSSR count). The molecule has 6 heteroatoms. The van der Waals surface area contributed by atoms with Crippen LogP contribution in [-0.2, 0) is 20.5 Å². The molecule has 0 atom stereocenters. The van der Waals surface area contributed by atoms with Crippen LogP contribution in [0.25, 0.3) is 0 Å². The Morgan fingerprint density at radius 2 is 1.00 bits per heavy atom. The van der Waals surface area contributed by atoms with Gasteiger partial charge >= 0.3 is 0 Å². The Kier molecular flexibility index (Phi) is 15.8. The molecular weight excluding hydrogens is 192 g/mol. The van der Waals surface area contributed by atoms with Crippen LogP contribution >= 0.6 is 0 Å². The van der Waals surface area contributed by atoms with E-state index in [1.54, 1.807) is 0 Å². The molecular formula is C8H18O6. The number of hydrogen-bond acceptors (Lipinski definition) is 4. The molecule has 0 unspecified atom stereocenters. The summed E-state index contributed by atoms with van der Waals surface area (Å²) < 4.78 is 0. The number of unbranched alkanes of at least 4 members (excludes halogenated alkanes) is 3. The summed E-state index contributed by atoms with van der Waals surface area (Å²) in [4.78, 5) is 19.8. The number of carboxylic acids is 2. The largest absolute Gasteiger partial charge is 0.550 e. The normalized spacial score (nSPS) is 8.29. The molecule has 0 aliphatic heterocycles. The van der Waals surface area contributed by atoms with Gasteiger partial charge in [0.15, 0.2) is 0 Å². The first-order chi connectivity index (χ1) is 5.63. The van der Waals surface area contributed by atoms with Crippen LogP contribution in [0.1, 0.15) is 38.5 Å². The van der Waals surface area contributed by atoms with Gasteiger partial charge in [-0.1, -0.05) is 12.8 Å². The van der Waals surface area contributed by atoms with E-state index in [-0.39, 0.29) is 23.8 Å². The quantitative estimate of drug-likeness (QED) is 0.325. The fourth-order valence-corrected chi connectivity index (χ4v) is 0.892. The molecule has 0 aliphatic rings. The maximum Gasteiger partial charge on any atom is 0.0414 e. The first kappa shape index (κ1) is 18.6. The van der Waals surface area contributed by atoms with Crippen LogP contribution < -0.4 is 10.2 Å². The van der Waals surface area contributed by atoms with E-state index in [9.17, 15) is 19.8 Å². The molecule has 0 aromatic heterocycles. The lowest BCUT2D eigenvalue weighted by molar-refractivity contribution is -0.307. The van der Waals surface area contributed by atoms with Crippen molar-refractivity contribution >= 4 is 11.9 Å². The number of carbonyl (C=O) groups is 2. The van der Waals surface area contributed by atoms with Crippen molar-refractivity contribution in [3.63, 3.8) is 0 Å². The number of hydrogen-bond donors (Lipinski definition) is 0. The molecule has 86 valence electrons. The predicted molar refractivity (Wildman–Crippen MR) is 47.5 cm³/mol. The third-order valence-electron chi connectivity index (χ3n) is 1.51. The highest BCUT2D eigenvalue weighted by Gasteiger charge is 1.91. The third kappa shape index (κ3) is 17.1. The van der Waals surface area contributed by atoms with Crippen molar-refractivity contribution in [2.45, 2.75) is 38.5 Å². The molecule has 14 heavy (non-hydrogen) atoms. The summed E-state index contributed by atoms with van der Waals surface area (Å²) in [6, 6.07) is 0. The van der Waals surface area contributed by atoms with Gasteiger partial charge in [-0.15, -0.1) is 0 Å². The summed E-state index contributed by atoms with van der Waals surface area (Å²) in [6.45, 7) is 0. The van der Waals surface area contributed by atoms with Crippen LogP contribution in [0, 0.1) is 0 Å². The van der Waals surface area contributed by atoms with Crippen LogP contribution in [0.4, 0.5) is 0 Å². The predicted octanol–water partition coefficient (Wildman–Crippen LogP) is -3.02. The molecule has 6 nitrogen and oxygen atoms in total. The fourth-order valence-electron chi connectivity index (χ4n) is 0.892. The lowest BCUT2D eigenvalue weighted by Crippen LogP contribution is -2.22. The first-order valence-electron chi connectivity index (χ1n) is 4.02. The second kappa shape index (κ2) is 11.9. The molecule has 0 aliphatic carbocycles. The molecule has 0 aromatic rings. The standard InChI is InChI=1S/C8H14O4.2H2O/c9-7(10)5-3-1-2-4-6-8(11)12;;/h1-6H2,(H,9,10)(H,11,12);2*1H2. The smallest absolute Gasteiger partial charge is 0.0414 e.